The third-order valence-corrected chi connectivity index (χ3v) is 2.54. The molecule has 0 aliphatic carbocycles. The number of aromatic nitrogens is 1. The highest BCUT2D eigenvalue weighted by Crippen LogP contribution is 2.25. The molecule has 0 unspecified atom stereocenters. The van der Waals surface area contributed by atoms with Crippen LogP contribution in [0.25, 0.3) is 0 Å². The minimum Gasteiger partial charge on any atom is -0.505 e. The fraction of sp³-hybridized carbons (Fsp3) is 0.0769. The first-order chi connectivity index (χ1) is 9.11. The van der Waals surface area contributed by atoms with Gasteiger partial charge < -0.3 is 20.9 Å². The molecule has 6 nitrogen and oxygen atoms in total. The van der Waals surface area contributed by atoms with E-state index in [1.807, 2.05) is 0 Å². The number of aromatic hydroxyl groups is 1. The van der Waals surface area contributed by atoms with Crippen molar-refractivity contribution < 1.29 is 14.6 Å². The second-order valence-electron chi connectivity index (χ2n) is 3.80. The van der Waals surface area contributed by atoms with Crippen molar-refractivity contribution in [1.82, 2.24) is 4.98 Å². The quantitative estimate of drug-likeness (QED) is 0.728. The summed E-state index contributed by atoms with van der Waals surface area (Å²) in [6, 6.07) is 6.31. The number of pyridine rings is 1. The maximum Gasteiger partial charge on any atom is 0.259 e. The summed E-state index contributed by atoms with van der Waals surface area (Å²) in [5.74, 6) is -0.147. The van der Waals surface area contributed by atoms with Gasteiger partial charge in [0.05, 0.1) is 24.6 Å². The summed E-state index contributed by atoms with van der Waals surface area (Å²) < 4.78 is 5.06. The van der Waals surface area contributed by atoms with Gasteiger partial charge in [-0.3, -0.25) is 9.78 Å². The molecule has 1 heterocycles. The molecule has 19 heavy (non-hydrogen) atoms. The van der Waals surface area contributed by atoms with Crippen LogP contribution in [-0.4, -0.2) is 23.1 Å². The van der Waals surface area contributed by atoms with Crippen LogP contribution in [0.2, 0.25) is 0 Å². The van der Waals surface area contributed by atoms with E-state index < -0.39 is 5.91 Å². The number of carbonyl (C=O) groups excluding carboxylic acids is 1. The van der Waals surface area contributed by atoms with Crippen LogP contribution in [0.4, 0.5) is 11.4 Å². The Balaban J connectivity index is 2.22. The standard InChI is InChI=1S/C13H13N3O3/c1-19-12-6-8(2-3-10(12)14)16-13(18)9-4-5-15-7-11(9)17/h2-7,17H,14H2,1H3,(H,16,18). The van der Waals surface area contributed by atoms with E-state index in [0.717, 1.165) is 0 Å². The third kappa shape index (κ3) is 2.74. The Morgan fingerprint density at radius 3 is 2.89 bits per heavy atom. The second-order valence-corrected chi connectivity index (χ2v) is 3.80. The van der Waals surface area contributed by atoms with E-state index in [9.17, 15) is 9.90 Å². The van der Waals surface area contributed by atoms with Crippen LogP contribution >= 0.6 is 0 Å². The van der Waals surface area contributed by atoms with Crippen LogP contribution in [0.15, 0.2) is 36.7 Å². The molecule has 2 aromatic rings. The summed E-state index contributed by atoms with van der Waals surface area (Å²) in [7, 11) is 1.49. The zero-order valence-electron chi connectivity index (χ0n) is 10.3. The van der Waals surface area contributed by atoms with Crippen LogP contribution in [0.3, 0.4) is 0 Å². The Kier molecular flexibility index (Phi) is 3.51. The Morgan fingerprint density at radius 1 is 1.42 bits per heavy atom. The average molecular weight is 259 g/mol. The molecule has 1 aromatic carbocycles. The summed E-state index contributed by atoms with van der Waals surface area (Å²) in [6.07, 6.45) is 2.64. The van der Waals surface area contributed by atoms with Gasteiger partial charge in [-0.15, -0.1) is 0 Å². The van der Waals surface area contributed by atoms with Crippen molar-refractivity contribution in [2.75, 3.05) is 18.2 Å². The van der Waals surface area contributed by atoms with Crippen LogP contribution < -0.4 is 15.8 Å². The molecule has 0 bridgehead atoms. The fourth-order valence-electron chi connectivity index (χ4n) is 1.57. The lowest BCUT2D eigenvalue weighted by atomic mass is 10.2. The number of nitrogens with zero attached hydrogens (tertiary/aromatic N) is 1. The minimum atomic E-state index is -0.438. The van der Waals surface area contributed by atoms with E-state index in [1.165, 1.54) is 25.6 Å². The highest BCUT2D eigenvalue weighted by molar-refractivity contribution is 6.06. The maximum absolute atomic E-state index is 11.9. The van der Waals surface area contributed by atoms with Crippen LogP contribution in [0.1, 0.15) is 10.4 Å². The van der Waals surface area contributed by atoms with Gasteiger partial charge in [0.25, 0.3) is 5.91 Å². The van der Waals surface area contributed by atoms with E-state index in [2.05, 4.69) is 10.3 Å². The fourth-order valence-corrected chi connectivity index (χ4v) is 1.57. The predicted molar refractivity (Wildman–Crippen MR) is 71.3 cm³/mol. The summed E-state index contributed by atoms with van der Waals surface area (Å²) in [5, 5.41) is 12.2. The van der Waals surface area contributed by atoms with Gasteiger partial charge in [-0.2, -0.15) is 0 Å². The van der Waals surface area contributed by atoms with E-state index in [-0.39, 0.29) is 11.3 Å². The Bertz CT molecular complexity index is 614. The van der Waals surface area contributed by atoms with Gasteiger partial charge >= 0.3 is 0 Å². The number of ether oxygens (including phenoxy) is 1. The molecule has 98 valence electrons. The van der Waals surface area contributed by atoms with Gasteiger partial charge in [0.2, 0.25) is 0 Å². The third-order valence-electron chi connectivity index (χ3n) is 2.54. The molecular formula is C13H13N3O3. The lowest BCUT2D eigenvalue weighted by Gasteiger charge is -2.09. The molecule has 0 saturated carbocycles. The van der Waals surface area contributed by atoms with E-state index >= 15 is 0 Å². The SMILES string of the molecule is COc1cc(NC(=O)c2ccncc2O)ccc1N. The number of benzene rings is 1. The van der Waals surface area contributed by atoms with Gasteiger partial charge in [0, 0.05) is 18.0 Å². The van der Waals surface area contributed by atoms with Crippen molar-refractivity contribution in [2.45, 2.75) is 0 Å². The molecule has 4 N–H and O–H groups in total. The van der Waals surface area contributed by atoms with Crippen molar-refractivity contribution in [3.63, 3.8) is 0 Å². The molecule has 0 atom stereocenters. The summed E-state index contributed by atoms with van der Waals surface area (Å²) >= 11 is 0. The molecule has 0 spiro atoms. The monoisotopic (exact) mass is 259 g/mol. The van der Waals surface area contributed by atoms with Gasteiger partial charge in [-0.05, 0) is 18.2 Å². The summed E-state index contributed by atoms with van der Waals surface area (Å²) in [6.45, 7) is 0. The van der Waals surface area contributed by atoms with Gasteiger partial charge in [-0.1, -0.05) is 0 Å². The van der Waals surface area contributed by atoms with Crippen molar-refractivity contribution in [2.24, 2.45) is 0 Å². The topological polar surface area (TPSA) is 97.5 Å². The van der Waals surface area contributed by atoms with Crippen molar-refractivity contribution in [3.8, 4) is 11.5 Å². The van der Waals surface area contributed by atoms with Crippen molar-refractivity contribution >= 4 is 17.3 Å². The summed E-state index contributed by atoms with van der Waals surface area (Å²) in [4.78, 5) is 15.7. The predicted octanol–water partition coefficient (Wildman–Crippen LogP) is 1.63. The highest BCUT2D eigenvalue weighted by atomic mass is 16.5. The zero-order valence-corrected chi connectivity index (χ0v) is 10.3. The molecule has 0 aliphatic heterocycles. The second kappa shape index (κ2) is 5.26. The molecule has 1 aromatic heterocycles. The van der Waals surface area contributed by atoms with Crippen molar-refractivity contribution in [1.29, 1.82) is 0 Å². The van der Waals surface area contributed by atoms with E-state index in [4.69, 9.17) is 10.5 Å². The highest BCUT2D eigenvalue weighted by Gasteiger charge is 2.11. The molecule has 0 aliphatic rings. The number of hydrogen-bond acceptors (Lipinski definition) is 5. The number of nitrogens with one attached hydrogen (secondary N) is 1. The number of amides is 1. The number of methoxy groups -OCH3 is 1. The smallest absolute Gasteiger partial charge is 0.259 e. The van der Waals surface area contributed by atoms with Crippen LogP contribution in [0, 0.1) is 0 Å². The van der Waals surface area contributed by atoms with E-state index in [0.29, 0.717) is 17.1 Å². The summed E-state index contributed by atoms with van der Waals surface area (Å²) in [5.41, 5.74) is 6.82. The van der Waals surface area contributed by atoms with Crippen LogP contribution in [0.5, 0.6) is 11.5 Å². The van der Waals surface area contributed by atoms with Crippen molar-refractivity contribution in [3.05, 3.63) is 42.2 Å². The largest absolute Gasteiger partial charge is 0.505 e. The molecule has 1 amide bonds. The first kappa shape index (κ1) is 12.7. The lowest BCUT2D eigenvalue weighted by molar-refractivity contribution is 0.102. The minimum absolute atomic E-state index is 0.144. The average Bonchev–Trinajstić information content (AvgIpc) is 2.41. The normalized spacial score (nSPS) is 9.95. The molecule has 6 heteroatoms. The maximum atomic E-state index is 11.9. The number of hydrogen-bond donors (Lipinski definition) is 3. The van der Waals surface area contributed by atoms with Crippen LogP contribution in [-0.2, 0) is 0 Å². The molecule has 0 fully saturated rings. The number of carbonyl (C=O) groups is 1. The molecule has 2 rings (SSSR count). The lowest BCUT2D eigenvalue weighted by Crippen LogP contribution is -2.12. The first-order valence-corrected chi connectivity index (χ1v) is 5.49. The van der Waals surface area contributed by atoms with Gasteiger partial charge in [0.15, 0.2) is 0 Å². The number of rotatable bonds is 3. The molecular weight excluding hydrogens is 246 g/mol. The van der Waals surface area contributed by atoms with Gasteiger partial charge in [0.1, 0.15) is 11.5 Å². The Labute approximate surface area is 109 Å². The zero-order chi connectivity index (χ0) is 13.8. The number of nitrogens with two attached hydrogens (primary N) is 1. The Morgan fingerprint density at radius 2 is 2.21 bits per heavy atom. The number of nitrogen functional groups attached to an aromatic ring is 1. The Hall–Kier alpha value is -2.76. The van der Waals surface area contributed by atoms with E-state index in [1.54, 1.807) is 18.2 Å². The molecule has 0 radical (unpaired) electrons. The first-order valence-electron chi connectivity index (χ1n) is 5.49. The molecule has 0 saturated heterocycles. The number of anilines is 2. The van der Waals surface area contributed by atoms with Gasteiger partial charge in [-0.25, -0.2) is 0 Å².